The highest BCUT2D eigenvalue weighted by atomic mass is 16.4. The minimum atomic E-state index is -0.889. The molecule has 1 aromatic carbocycles. The molecule has 0 radical (unpaired) electrons. The van der Waals surface area contributed by atoms with Gasteiger partial charge in [0.2, 0.25) is 0 Å². The third-order valence-corrected chi connectivity index (χ3v) is 3.28. The van der Waals surface area contributed by atoms with Gasteiger partial charge in [0.15, 0.2) is 0 Å². The van der Waals surface area contributed by atoms with Gasteiger partial charge in [0.1, 0.15) is 0 Å². The first kappa shape index (κ1) is 15.5. The lowest BCUT2D eigenvalue weighted by atomic mass is 9.77. The summed E-state index contributed by atoms with van der Waals surface area (Å²) in [5, 5.41) is 9.49. The molecule has 0 aliphatic heterocycles. The molecule has 0 bridgehead atoms. The molecule has 0 atom stereocenters. The van der Waals surface area contributed by atoms with Gasteiger partial charge >= 0.3 is 5.97 Å². The quantitative estimate of drug-likeness (QED) is 0.842. The van der Waals surface area contributed by atoms with Gasteiger partial charge in [0, 0.05) is 0 Å². The van der Waals surface area contributed by atoms with E-state index >= 15 is 0 Å². The van der Waals surface area contributed by atoms with Crippen molar-refractivity contribution in [3.05, 3.63) is 41.0 Å². The number of rotatable bonds is 2. The van der Waals surface area contributed by atoms with Crippen molar-refractivity contribution in [2.24, 2.45) is 0 Å². The predicted molar refractivity (Wildman–Crippen MR) is 80.9 cm³/mol. The SMILES string of the molecule is C=Cc1cc(C(C)(C)C)cc(C(C)(C)C)c1C(=O)O. The summed E-state index contributed by atoms with van der Waals surface area (Å²) in [6, 6.07) is 3.96. The Balaban J connectivity index is 3.75. The van der Waals surface area contributed by atoms with E-state index in [0.29, 0.717) is 11.1 Å². The number of benzene rings is 1. The van der Waals surface area contributed by atoms with E-state index in [1.807, 2.05) is 32.9 Å². The molecular formula is C17H24O2. The van der Waals surface area contributed by atoms with Crippen LogP contribution in [0.4, 0.5) is 0 Å². The highest BCUT2D eigenvalue weighted by Crippen LogP contribution is 2.34. The molecule has 0 heterocycles. The summed E-state index contributed by atoms with van der Waals surface area (Å²) in [6.45, 7) is 16.2. The van der Waals surface area contributed by atoms with Crippen molar-refractivity contribution in [1.29, 1.82) is 0 Å². The van der Waals surface area contributed by atoms with E-state index in [1.54, 1.807) is 6.08 Å². The number of hydrogen-bond acceptors (Lipinski definition) is 1. The summed E-state index contributed by atoms with van der Waals surface area (Å²) in [4.78, 5) is 11.6. The zero-order valence-corrected chi connectivity index (χ0v) is 12.8. The Hall–Kier alpha value is -1.57. The lowest BCUT2D eigenvalue weighted by Crippen LogP contribution is -2.21. The zero-order valence-electron chi connectivity index (χ0n) is 12.8. The van der Waals surface area contributed by atoms with Crippen LogP contribution in [0.25, 0.3) is 6.08 Å². The standard InChI is InChI=1S/C17H24O2/c1-8-11-9-12(16(2,3)4)10-13(17(5,6)7)14(11)15(18)19/h8-10H,1H2,2-7H3,(H,18,19). The summed E-state index contributed by atoms with van der Waals surface area (Å²) in [5.41, 5.74) is 2.83. The van der Waals surface area contributed by atoms with Crippen LogP contribution in [0.3, 0.4) is 0 Å². The Morgan fingerprint density at radius 3 is 1.95 bits per heavy atom. The Morgan fingerprint density at radius 1 is 1.11 bits per heavy atom. The van der Waals surface area contributed by atoms with Crippen molar-refractivity contribution in [2.45, 2.75) is 52.4 Å². The molecule has 0 aliphatic rings. The molecule has 0 aliphatic carbocycles. The molecular weight excluding hydrogens is 236 g/mol. The van der Waals surface area contributed by atoms with Crippen molar-refractivity contribution >= 4 is 12.0 Å². The smallest absolute Gasteiger partial charge is 0.336 e. The maximum Gasteiger partial charge on any atom is 0.336 e. The van der Waals surface area contributed by atoms with Crippen LogP contribution in [-0.2, 0) is 10.8 Å². The molecule has 2 nitrogen and oxygen atoms in total. The van der Waals surface area contributed by atoms with Gasteiger partial charge in [-0.3, -0.25) is 0 Å². The van der Waals surface area contributed by atoms with E-state index in [0.717, 1.165) is 11.1 Å². The molecule has 0 fully saturated rings. The monoisotopic (exact) mass is 260 g/mol. The number of carboxylic acid groups (broad SMARTS) is 1. The Labute approximate surface area is 116 Å². The average molecular weight is 260 g/mol. The van der Waals surface area contributed by atoms with E-state index in [2.05, 4.69) is 27.4 Å². The van der Waals surface area contributed by atoms with Crippen LogP contribution in [0.15, 0.2) is 18.7 Å². The minimum Gasteiger partial charge on any atom is -0.478 e. The highest BCUT2D eigenvalue weighted by Gasteiger charge is 2.27. The Kier molecular flexibility index (Phi) is 3.94. The van der Waals surface area contributed by atoms with Crippen LogP contribution in [0.5, 0.6) is 0 Å². The van der Waals surface area contributed by atoms with Gasteiger partial charge in [-0.2, -0.15) is 0 Å². The van der Waals surface area contributed by atoms with Crippen LogP contribution >= 0.6 is 0 Å². The number of aromatic carboxylic acids is 1. The molecule has 0 aromatic heterocycles. The summed E-state index contributed by atoms with van der Waals surface area (Å²) < 4.78 is 0. The van der Waals surface area contributed by atoms with Crippen molar-refractivity contribution in [2.75, 3.05) is 0 Å². The number of carbonyl (C=O) groups is 1. The predicted octanol–water partition coefficient (Wildman–Crippen LogP) is 4.62. The molecule has 0 saturated heterocycles. The van der Waals surface area contributed by atoms with E-state index in [1.165, 1.54) is 0 Å². The van der Waals surface area contributed by atoms with E-state index in [9.17, 15) is 9.90 Å². The van der Waals surface area contributed by atoms with Crippen LogP contribution < -0.4 is 0 Å². The molecule has 19 heavy (non-hydrogen) atoms. The molecule has 1 N–H and O–H groups in total. The second-order valence-corrected chi connectivity index (χ2v) is 7.00. The fraction of sp³-hybridized carbons (Fsp3) is 0.471. The normalized spacial score (nSPS) is 12.3. The number of hydrogen-bond donors (Lipinski definition) is 1. The fourth-order valence-electron chi connectivity index (χ4n) is 2.09. The molecule has 2 heteroatoms. The lowest BCUT2D eigenvalue weighted by molar-refractivity contribution is 0.0694. The van der Waals surface area contributed by atoms with Crippen molar-refractivity contribution in [1.82, 2.24) is 0 Å². The van der Waals surface area contributed by atoms with E-state index in [-0.39, 0.29) is 10.8 Å². The first-order chi connectivity index (χ1) is 8.48. The Bertz CT molecular complexity index is 511. The third kappa shape index (κ3) is 3.25. The van der Waals surface area contributed by atoms with Crippen LogP contribution in [0.1, 0.15) is 68.6 Å². The largest absolute Gasteiger partial charge is 0.478 e. The molecule has 1 rings (SSSR count). The van der Waals surface area contributed by atoms with Crippen LogP contribution in [-0.4, -0.2) is 11.1 Å². The fourth-order valence-corrected chi connectivity index (χ4v) is 2.09. The Morgan fingerprint density at radius 2 is 1.63 bits per heavy atom. The van der Waals surface area contributed by atoms with Crippen molar-refractivity contribution in [3.63, 3.8) is 0 Å². The molecule has 104 valence electrons. The second kappa shape index (κ2) is 4.84. The maximum absolute atomic E-state index is 11.6. The molecule has 1 aromatic rings. The van der Waals surface area contributed by atoms with Gasteiger partial charge < -0.3 is 5.11 Å². The van der Waals surface area contributed by atoms with Gasteiger partial charge in [-0.1, -0.05) is 66.3 Å². The maximum atomic E-state index is 11.6. The van der Waals surface area contributed by atoms with Crippen molar-refractivity contribution < 1.29 is 9.90 Å². The summed E-state index contributed by atoms with van der Waals surface area (Å²) in [7, 11) is 0. The van der Waals surface area contributed by atoms with Crippen LogP contribution in [0.2, 0.25) is 0 Å². The molecule has 0 spiro atoms. The van der Waals surface area contributed by atoms with Gasteiger partial charge in [0.25, 0.3) is 0 Å². The van der Waals surface area contributed by atoms with Gasteiger partial charge in [-0.15, -0.1) is 0 Å². The molecule has 0 amide bonds. The molecule has 0 unspecified atom stereocenters. The number of carboxylic acids is 1. The lowest BCUT2D eigenvalue weighted by Gasteiger charge is -2.27. The topological polar surface area (TPSA) is 37.3 Å². The molecule has 0 saturated carbocycles. The van der Waals surface area contributed by atoms with Gasteiger partial charge in [-0.05, 0) is 27.5 Å². The third-order valence-electron chi connectivity index (χ3n) is 3.28. The summed E-state index contributed by atoms with van der Waals surface area (Å²) in [6.07, 6.45) is 1.63. The van der Waals surface area contributed by atoms with E-state index < -0.39 is 5.97 Å². The second-order valence-electron chi connectivity index (χ2n) is 7.00. The minimum absolute atomic E-state index is 0.0191. The van der Waals surface area contributed by atoms with Gasteiger partial charge in [0.05, 0.1) is 5.56 Å². The zero-order chi connectivity index (χ0) is 15.0. The first-order valence-corrected chi connectivity index (χ1v) is 6.53. The summed E-state index contributed by atoms with van der Waals surface area (Å²) >= 11 is 0. The van der Waals surface area contributed by atoms with Crippen LogP contribution in [0, 0.1) is 0 Å². The summed E-state index contributed by atoms with van der Waals surface area (Å²) in [5.74, 6) is -0.889. The van der Waals surface area contributed by atoms with Gasteiger partial charge in [-0.25, -0.2) is 4.79 Å². The van der Waals surface area contributed by atoms with Crippen molar-refractivity contribution in [3.8, 4) is 0 Å². The highest BCUT2D eigenvalue weighted by molar-refractivity contribution is 5.94. The van der Waals surface area contributed by atoms with E-state index in [4.69, 9.17) is 0 Å². The first-order valence-electron chi connectivity index (χ1n) is 6.53. The average Bonchev–Trinajstić information content (AvgIpc) is 2.24.